The van der Waals surface area contributed by atoms with Gasteiger partial charge in [-0.15, -0.1) is 0 Å². The number of nitrogens with one attached hydrogen (secondary N) is 2. The van der Waals surface area contributed by atoms with Crippen LogP contribution in [0.15, 0.2) is 83.7 Å². The average molecular weight is 526 g/mol. The summed E-state index contributed by atoms with van der Waals surface area (Å²) in [7, 11) is 0. The Kier molecular flexibility index (Phi) is 6.90. The summed E-state index contributed by atoms with van der Waals surface area (Å²) in [5.41, 5.74) is 3.95. The Hall–Kier alpha value is -4.73. The number of carbonyl (C=O) groups excluding carboxylic acids is 1. The van der Waals surface area contributed by atoms with E-state index < -0.39 is 0 Å². The van der Waals surface area contributed by atoms with E-state index in [4.69, 9.17) is 9.40 Å². The number of hydrogen-bond donors (Lipinski definition) is 2. The summed E-state index contributed by atoms with van der Waals surface area (Å²) in [6.45, 7) is 1.86. The molecular formula is C29H28FN7O2. The molecule has 39 heavy (non-hydrogen) atoms. The predicted molar refractivity (Wildman–Crippen MR) is 146 cm³/mol. The van der Waals surface area contributed by atoms with Gasteiger partial charge in [0.05, 0.1) is 5.69 Å². The van der Waals surface area contributed by atoms with Crippen LogP contribution < -0.4 is 10.6 Å². The van der Waals surface area contributed by atoms with E-state index in [9.17, 15) is 9.18 Å². The number of carbonyl (C=O) groups is 1. The van der Waals surface area contributed by atoms with Crippen molar-refractivity contribution in [2.75, 3.05) is 25.0 Å². The number of oxazole rings is 1. The summed E-state index contributed by atoms with van der Waals surface area (Å²) in [5, 5.41) is 6.45. The van der Waals surface area contributed by atoms with Crippen molar-refractivity contribution in [3.05, 3.63) is 90.7 Å². The van der Waals surface area contributed by atoms with Crippen LogP contribution >= 0.6 is 0 Å². The van der Waals surface area contributed by atoms with Crippen molar-refractivity contribution in [2.45, 2.75) is 25.3 Å². The number of anilines is 1. The topological polar surface area (TPSA) is 101 Å². The summed E-state index contributed by atoms with van der Waals surface area (Å²) < 4.78 is 20.9. The van der Waals surface area contributed by atoms with E-state index in [-0.39, 0.29) is 17.9 Å². The van der Waals surface area contributed by atoms with Crippen molar-refractivity contribution in [3.8, 4) is 22.6 Å². The molecule has 1 aliphatic rings. The highest BCUT2D eigenvalue weighted by Gasteiger charge is 2.25. The van der Waals surface area contributed by atoms with Crippen molar-refractivity contribution >= 4 is 17.8 Å². The summed E-state index contributed by atoms with van der Waals surface area (Å²) in [6.07, 6.45) is 7.60. The summed E-state index contributed by atoms with van der Waals surface area (Å²) >= 11 is 0. The molecule has 198 valence electrons. The molecule has 4 heterocycles. The van der Waals surface area contributed by atoms with Crippen LogP contribution in [0.1, 0.15) is 18.4 Å². The molecule has 0 radical (unpaired) electrons. The minimum atomic E-state index is -0.317. The number of nitrogens with zero attached hydrogens (tertiary/aromatic N) is 5. The summed E-state index contributed by atoms with van der Waals surface area (Å²) in [5.74, 6) is 0.564. The Balaban J connectivity index is 1.15. The molecule has 10 heteroatoms. The van der Waals surface area contributed by atoms with E-state index in [0.29, 0.717) is 42.8 Å². The highest BCUT2D eigenvalue weighted by atomic mass is 19.1. The van der Waals surface area contributed by atoms with Gasteiger partial charge in [-0.25, -0.2) is 19.2 Å². The monoisotopic (exact) mass is 525 g/mol. The van der Waals surface area contributed by atoms with Gasteiger partial charge >= 0.3 is 11.9 Å². The Bertz CT molecular complexity index is 1570. The second-order valence-electron chi connectivity index (χ2n) is 9.53. The molecule has 2 amide bonds. The van der Waals surface area contributed by atoms with Gasteiger partial charge in [-0.3, -0.25) is 4.40 Å². The lowest BCUT2D eigenvalue weighted by Gasteiger charge is -2.33. The van der Waals surface area contributed by atoms with Crippen molar-refractivity contribution in [2.24, 2.45) is 0 Å². The third-order valence-corrected chi connectivity index (χ3v) is 6.85. The quantitative estimate of drug-likeness (QED) is 0.310. The number of benzene rings is 2. The molecule has 0 unspecified atom stereocenters. The summed E-state index contributed by atoms with van der Waals surface area (Å²) in [4.78, 5) is 28.5. The van der Waals surface area contributed by atoms with Crippen LogP contribution in [0.3, 0.4) is 0 Å². The lowest BCUT2D eigenvalue weighted by atomic mass is 10.1. The first kappa shape index (κ1) is 24.6. The molecule has 3 aromatic heterocycles. The third kappa shape index (κ3) is 5.45. The number of urea groups is 1. The SMILES string of the molecule is O=C(NCCc1ccccc1)N1CCC[C@@H](Nc2nccc(-c3c(-c4ccc(F)cc4)nc4occn34)n2)C1. The number of aromatic nitrogens is 4. The zero-order valence-corrected chi connectivity index (χ0v) is 21.3. The van der Waals surface area contributed by atoms with Crippen molar-refractivity contribution in [1.82, 2.24) is 29.6 Å². The highest BCUT2D eigenvalue weighted by molar-refractivity contribution is 5.79. The minimum Gasteiger partial charge on any atom is -0.432 e. The van der Waals surface area contributed by atoms with Crippen LogP contribution in [0.4, 0.5) is 15.1 Å². The number of rotatable bonds is 7. The maximum atomic E-state index is 13.6. The van der Waals surface area contributed by atoms with E-state index >= 15 is 0 Å². The van der Waals surface area contributed by atoms with Gasteiger partial charge in [0.2, 0.25) is 5.95 Å². The number of fused-ring (bicyclic) bond motifs is 1. The lowest BCUT2D eigenvalue weighted by Crippen LogP contribution is -2.49. The smallest absolute Gasteiger partial charge is 0.317 e. The molecule has 0 aliphatic carbocycles. The number of imidazole rings is 1. The Morgan fingerprint density at radius 3 is 2.77 bits per heavy atom. The molecular weight excluding hydrogens is 497 g/mol. The van der Waals surface area contributed by atoms with Crippen LogP contribution in [-0.4, -0.2) is 56.0 Å². The highest BCUT2D eigenvalue weighted by Crippen LogP contribution is 2.32. The first-order chi connectivity index (χ1) is 19.1. The van der Waals surface area contributed by atoms with E-state index in [1.807, 2.05) is 33.6 Å². The molecule has 1 aliphatic heterocycles. The molecule has 2 aromatic carbocycles. The fourth-order valence-electron chi connectivity index (χ4n) is 4.93. The molecule has 1 saturated heterocycles. The number of halogens is 1. The van der Waals surface area contributed by atoms with Gasteiger partial charge in [0.15, 0.2) is 0 Å². The van der Waals surface area contributed by atoms with Crippen molar-refractivity contribution in [1.29, 1.82) is 0 Å². The fraction of sp³-hybridized carbons (Fsp3) is 0.241. The van der Waals surface area contributed by atoms with Gasteiger partial charge in [-0.05, 0) is 55.2 Å². The first-order valence-electron chi connectivity index (χ1n) is 13.0. The standard InChI is InChI=1S/C29H28FN7O2/c30-22-10-8-21(9-11-22)25-26(37-17-18-39-29(37)35-25)24-13-15-31-27(34-24)33-23-7-4-16-36(19-23)28(38)32-14-12-20-5-2-1-3-6-20/h1-3,5-6,8-11,13,15,17-18,23H,4,7,12,14,16,19H2,(H,32,38)(H,31,33,34)/t23-/m1/s1. The van der Waals surface area contributed by atoms with Crippen LogP contribution in [0, 0.1) is 5.82 Å². The van der Waals surface area contributed by atoms with Crippen LogP contribution in [0.2, 0.25) is 0 Å². The average Bonchev–Trinajstić information content (AvgIpc) is 3.56. The molecule has 6 rings (SSSR count). The lowest BCUT2D eigenvalue weighted by molar-refractivity contribution is 0.182. The van der Waals surface area contributed by atoms with Crippen LogP contribution in [-0.2, 0) is 6.42 Å². The summed E-state index contributed by atoms with van der Waals surface area (Å²) in [6, 6.07) is 18.1. The van der Waals surface area contributed by atoms with Gasteiger partial charge in [0.1, 0.15) is 23.5 Å². The van der Waals surface area contributed by atoms with Crippen LogP contribution in [0.5, 0.6) is 0 Å². The molecule has 5 aromatic rings. The van der Waals surface area contributed by atoms with Gasteiger partial charge in [0.25, 0.3) is 0 Å². The predicted octanol–water partition coefficient (Wildman–Crippen LogP) is 5.02. The van der Waals surface area contributed by atoms with Gasteiger partial charge in [-0.1, -0.05) is 30.3 Å². The van der Waals surface area contributed by atoms with Gasteiger partial charge in [-0.2, -0.15) is 4.98 Å². The van der Waals surface area contributed by atoms with Crippen LogP contribution in [0.25, 0.3) is 28.5 Å². The van der Waals surface area contributed by atoms with Crippen molar-refractivity contribution < 1.29 is 13.6 Å². The largest absolute Gasteiger partial charge is 0.432 e. The number of likely N-dealkylation sites (tertiary alicyclic amines) is 1. The van der Waals surface area contributed by atoms with E-state index in [1.165, 1.54) is 17.7 Å². The molecule has 1 fully saturated rings. The van der Waals surface area contributed by atoms with Gasteiger partial charge < -0.3 is 20.0 Å². The molecule has 1 atom stereocenters. The van der Waals surface area contributed by atoms with E-state index in [2.05, 4.69) is 32.7 Å². The maximum absolute atomic E-state index is 13.6. The second-order valence-corrected chi connectivity index (χ2v) is 9.53. The zero-order chi connectivity index (χ0) is 26.6. The Morgan fingerprint density at radius 1 is 1.08 bits per heavy atom. The molecule has 2 N–H and O–H groups in total. The second kappa shape index (κ2) is 10.9. The molecule has 0 bridgehead atoms. The Morgan fingerprint density at radius 2 is 1.92 bits per heavy atom. The number of piperidine rings is 1. The molecule has 9 nitrogen and oxygen atoms in total. The van der Waals surface area contributed by atoms with Gasteiger partial charge in [0, 0.05) is 43.6 Å². The zero-order valence-electron chi connectivity index (χ0n) is 21.3. The number of hydrogen-bond acceptors (Lipinski definition) is 6. The maximum Gasteiger partial charge on any atom is 0.317 e. The van der Waals surface area contributed by atoms with E-state index in [0.717, 1.165) is 30.5 Å². The normalized spacial score (nSPS) is 15.4. The number of amides is 2. The third-order valence-electron chi connectivity index (χ3n) is 6.85. The molecule has 0 spiro atoms. The molecule has 0 saturated carbocycles. The minimum absolute atomic E-state index is 0.0184. The Labute approximate surface area is 224 Å². The van der Waals surface area contributed by atoms with E-state index in [1.54, 1.807) is 30.8 Å². The fourth-order valence-corrected chi connectivity index (χ4v) is 4.93. The van der Waals surface area contributed by atoms with Crippen molar-refractivity contribution in [3.63, 3.8) is 0 Å². The first-order valence-corrected chi connectivity index (χ1v) is 13.0.